The number of primary amides is 1. The van der Waals surface area contributed by atoms with Gasteiger partial charge in [0.25, 0.3) is 5.91 Å². The molecule has 2 amide bonds. The van der Waals surface area contributed by atoms with Crippen molar-refractivity contribution in [1.29, 1.82) is 0 Å². The summed E-state index contributed by atoms with van der Waals surface area (Å²) in [5, 5.41) is 6.96. The fraction of sp³-hybridized carbons (Fsp3) is 0.353. The van der Waals surface area contributed by atoms with E-state index in [0.717, 1.165) is 5.69 Å². The Kier molecular flexibility index (Phi) is 4.54. The van der Waals surface area contributed by atoms with E-state index in [1.54, 1.807) is 28.9 Å². The number of amides is 2. The molecule has 0 aliphatic heterocycles. The van der Waals surface area contributed by atoms with Gasteiger partial charge >= 0.3 is 0 Å². The van der Waals surface area contributed by atoms with Crippen molar-refractivity contribution < 1.29 is 9.59 Å². The van der Waals surface area contributed by atoms with Gasteiger partial charge in [-0.05, 0) is 33.3 Å². The third kappa shape index (κ3) is 3.59. The maximum Gasteiger partial charge on any atom is 0.255 e. The van der Waals surface area contributed by atoms with Crippen molar-refractivity contribution in [2.75, 3.05) is 0 Å². The van der Waals surface area contributed by atoms with Crippen molar-refractivity contribution in [3.05, 3.63) is 53.3 Å². The Balaban J connectivity index is 2.27. The predicted molar refractivity (Wildman–Crippen MR) is 87.8 cm³/mol. The van der Waals surface area contributed by atoms with Crippen LogP contribution in [0.5, 0.6) is 0 Å². The van der Waals surface area contributed by atoms with E-state index in [4.69, 9.17) is 5.73 Å². The van der Waals surface area contributed by atoms with Crippen molar-refractivity contribution in [2.24, 2.45) is 5.73 Å². The van der Waals surface area contributed by atoms with Crippen LogP contribution in [0.3, 0.4) is 0 Å². The predicted octanol–water partition coefficient (Wildman–Crippen LogP) is 1.90. The summed E-state index contributed by atoms with van der Waals surface area (Å²) in [6.07, 6.45) is 1.51. The van der Waals surface area contributed by atoms with Gasteiger partial charge in [0.1, 0.15) is 6.04 Å². The van der Waals surface area contributed by atoms with Gasteiger partial charge in [-0.1, -0.05) is 30.3 Å². The first-order chi connectivity index (χ1) is 10.7. The van der Waals surface area contributed by atoms with Crippen molar-refractivity contribution >= 4 is 11.8 Å². The molecule has 0 fully saturated rings. The quantitative estimate of drug-likeness (QED) is 0.903. The number of nitrogens with one attached hydrogen (secondary N) is 1. The zero-order valence-corrected chi connectivity index (χ0v) is 13.8. The summed E-state index contributed by atoms with van der Waals surface area (Å²) in [6.45, 7) is 7.84. The average molecular weight is 314 g/mol. The lowest BCUT2D eigenvalue weighted by atomic mass is 10.1. The molecule has 6 heteroatoms. The number of aromatic nitrogens is 2. The minimum Gasteiger partial charge on any atom is -0.368 e. The van der Waals surface area contributed by atoms with Gasteiger partial charge in [0, 0.05) is 5.69 Å². The molecule has 1 heterocycles. The highest BCUT2D eigenvalue weighted by molar-refractivity contribution is 5.98. The van der Waals surface area contributed by atoms with Gasteiger partial charge in [0.2, 0.25) is 5.91 Å². The third-order valence-electron chi connectivity index (χ3n) is 3.58. The molecule has 1 aromatic carbocycles. The molecule has 0 radical (unpaired) electrons. The number of hydrogen-bond donors (Lipinski definition) is 2. The normalized spacial score (nSPS) is 12.7. The van der Waals surface area contributed by atoms with Crippen molar-refractivity contribution in [2.45, 2.75) is 39.3 Å². The van der Waals surface area contributed by atoms with Crippen LogP contribution in [0.1, 0.15) is 48.4 Å². The molecule has 2 aromatic rings. The Labute approximate surface area is 135 Å². The molecule has 0 saturated carbocycles. The largest absolute Gasteiger partial charge is 0.368 e. The van der Waals surface area contributed by atoms with Crippen molar-refractivity contribution in [1.82, 2.24) is 15.1 Å². The molecule has 0 saturated heterocycles. The zero-order chi connectivity index (χ0) is 17.2. The summed E-state index contributed by atoms with van der Waals surface area (Å²) in [4.78, 5) is 24.2. The van der Waals surface area contributed by atoms with Crippen molar-refractivity contribution in [3.63, 3.8) is 0 Å². The number of benzene rings is 1. The molecular formula is C17H22N4O2. The Morgan fingerprint density at radius 1 is 1.22 bits per heavy atom. The number of nitrogens with zero attached hydrogens (tertiary/aromatic N) is 2. The monoisotopic (exact) mass is 314 g/mol. The van der Waals surface area contributed by atoms with Crippen LogP contribution in [0, 0.1) is 6.92 Å². The SMILES string of the molecule is Cc1c(C(=O)N[C@H](C(N)=O)c2ccccc2)cnn1C(C)(C)C. The molecule has 0 aliphatic rings. The molecule has 0 aliphatic carbocycles. The number of carbonyl (C=O) groups is 2. The van der Waals surface area contributed by atoms with Crippen LogP contribution in [0.15, 0.2) is 36.5 Å². The second-order valence-electron chi connectivity index (χ2n) is 6.45. The Morgan fingerprint density at radius 2 is 1.83 bits per heavy atom. The standard InChI is InChI=1S/C17H22N4O2/c1-11-13(10-19-21(11)17(2,3)4)16(23)20-14(15(18)22)12-8-6-5-7-9-12/h5-10,14H,1-4H3,(H2,18,22)(H,20,23)/t14-/m0/s1. The van der Waals surface area contributed by atoms with E-state index in [1.807, 2.05) is 33.8 Å². The smallest absolute Gasteiger partial charge is 0.255 e. The molecule has 0 spiro atoms. The number of nitrogens with two attached hydrogens (primary N) is 1. The highest BCUT2D eigenvalue weighted by Crippen LogP contribution is 2.19. The first-order valence-corrected chi connectivity index (χ1v) is 7.42. The van der Waals surface area contributed by atoms with Gasteiger partial charge in [0.15, 0.2) is 0 Å². The molecule has 0 unspecified atom stereocenters. The van der Waals surface area contributed by atoms with Gasteiger partial charge in [-0.15, -0.1) is 0 Å². The van der Waals surface area contributed by atoms with Crippen LogP contribution in [0.2, 0.25) is 0 Å². The average Bonchev–Trinajstić information content (AvgIpc) is 2.87. The second-order valence-corrected chi connectivity index (χ2v) is 6.45. The summed E-state index contributed by atoms with van der Waals surface area (Å²) in [7, 11) is 0. The molecular weight excluding hydrogens is 292 g/mol. The topological polar surface area (TPSA) is 90.0 Å². The number of hydrogen-bond acceptors (Lipinski definition) is 3. The maximum atomic E-state index is 12.5. The van der Waals surface area contributed by atoms with Crippen LogP contribution in [0.25, 0.3) is 0 Å². The zero-order valence-electron chi connectivity index (χ0n) is 13.8. The van der Waals surface area contributed by atoms with E-state index in [1.165, 1.54) is 6.20 Å². The van der Waals surface area contributed by atoms with Crippen LogP contribution in [-0.4, -0.2) is 21.6 Å². The molecule has 1 atom stereocenters. The lowest BCUT2D eigenvalue weighted by molar-refractivity contribution is -0.120. The highest BCUT2D eigenvalue weighted by atomic mass is 16.2. The van der Waals surface area contributed by atoms with Crippen molar-refractivity contribution in [3.8, 4) is 0 Å². The molecule has 0 bridgehead atoms. The van der Waals surface area contributed by atoms with Crippen LogP contribution in [-0.2, 0) is 10.3 Å². The summed E-state index contributed by atoms with van der Waals surface area (Å²) < 4.78 is 1.78. The van der Waals surface area contributed by atoms with Gasteiger partial charge in [-0.3, -0.25) is 14.3 Å². The van der Waals surface area contributed by atoms with Gasteiger partial charge in [-0.25, -0.2) is 0 Å². The van der Waals surface area contributed by atoms with Gasteiger partial charge < -0.3 is 11.1 Å². The lowest BCUT2D eigenvalue weighted by Gasteiger charge is -2.21. The van der Waals surface area contributed by atoms with Crippen LogP contribution in [0.4, 0.5) is 0 Å². The Hall–Kier alpha value is -2.63. The fourth-order valence-electron chi connectivity index (χ4n) is 2.48. The first kappa shape index (κ1) is 16.7. The van der Waals surface area contributed by atoms with E-state index in [0.29, 0.717) is 11.1 Å². The molecule has 2 rings (SSSR count). The summed E-state index contributed by atoms with van der Waals surface area (Å²) >= 11 is 0. The van der Waals surface area contributed by atoms with E-state index >= 15 is 0 Å². The van der Waals surface area contributed by atoms with Gasteiger partial charge in [0.05, 0.1) is 17.3 Å². The molecule has 122 valence electrons. The molecule has 1 aromatic heterocycles. The lowest BCUT2D eigenvalue weighted by Crippen LogP contribution is -2.37. The third-order valence-corrected chi connectivity index (χ3v) is 3.58. The minimum atomic E-state index is -0.874. The van der Waals surface area contributed by atoms with E-state index in [9.17, 15) is 9.59 Å². The van der Waals surface area contributed by atoms with E-state index < -0.39 is 11.9 Å². The van der Waals surface area contributed by atoms with E-state index in [2.05, 4.69) is 10.4 Å². The highest BCUT2D eigenvalue weighted by Gasteiger charge is 2.25. The Bertz CT molecular complexity index is 714. The summed E-state index contributed by atoms with van der Waals surface area (Å²) in [6, 6.07) is 8.05. The molecule has 23 heavy (non-hydrogen) atoms. The molecule has 3 N–H and O–H groups in total. The van der Waals surface area contributed by atoms with Crippen LogP contribution >= 0.6 is 0 Å². The van der Waals surface area contributed by atoms with Gasteiger partial charge in [-0.2, -0.15) is 5.10 Å². The molecule has 6 nitrogen and oxygen atoms in total. The van der Waals surface area contributed by atoms with Crippen LogP contribution < -0.4 is 11.1 Å². The number of rotatable bonds is 4. The minimum absolute atomic E-state index is 0.231. The summed E-state index contributed by atoms with van der Waals surface area (Å²) in [5.74, 6) is -0.976. The number of carbonyl (C=O) groups excluding carboxylic acids is 2. The fourth-order valence-corrected chi connectivity index (χ4v) is 2.48. The summed E-state index contributed by atoms with van der Waals surface area (Å²) in [5.41, 5.74) is 7.02. The first-order valence-electron chi connectivity index (χ1n) is 7.42. The Morgan fingerprint density at radius 3 is 2.30 bits per heavy atom. The second kappa shape index (κ2) is 6.24. The van der Waals surface area contributed by atoms with E-state index in [-0.39, 0.29) is 11.4 Å². The maximum absolute atomic E-state index is 12.5.